The molecule has 2 saturated carbocycles. The summed E-state index contributed by atoms with van der Waals surface area (Å²) in [6, 6.07) is 7.91. The summed E-state index contributed by atoms with van der Waals surface area (Å²) >= 11 is 0. The lowest BCUT2D eigenvalue weighted by Gasteiger charge is -2.35. The van der Waals surface area contributed by atoms with Gasteiger partial charge in [-0.05, 0) is 70.8 Å². The van der Waals surface area contributed by atoms with Crippen LogP contribution in [0.15, 0.2) is 24.3 Å². The molecule has 0 aromatic carbocycles. The fourth-order valence-electron chi connectivity index (χ4n) is 5.01. The zero-order valence-electron chi connectivity index (χ0n) is 19.1. The minimum absolute atomic E-state index is 0.0563. The number of alkyl carbamates (subject to hydrolysis) is 1. The highest BCUT2D eigenvalue weighted by Gasteiger charge is 2.33. The Morgan fingerprint density at radius 1 is 1.12 bits per heavy atom. The molecule has 8 bridgehead atoms. The van der Waals surface area contributed by atoms with E-state index in [1.807, 2.05) is 22.9 Å². The van der Waals surface area contributed by atoms with Crippen molar-refractivity contribution in [2.24, 2.45) is 11.8 Å². The zero-order chi connectivity index (χ0) is 22.3. The van der Waals surface area contributed by atoms with Gasteiger partial charge >= 0.3 is 6.09 Å². The molecule has 8 nitrogen and oxygen atoms in total. The van der Waals surface area contributed by atoms with Gasteiger partial charge in [0.15, 0.2) is 0 Å². The summed E-state index contributed by atoms with van der Waals surface area (Å²) in [6.45, 7) is 7.72. The average molecular weight is 440 g/mol. The summed E-state index contributed by atoms with van der Waals surface area (Å²) in [5.74, 6) is 3.53. The Balaban J connectivity index is 1.43. The van der Waals surface area contributed by atoms with Crippen molar-refractivity contribution in [3.05, 3.63) is 30.0 Å². The number of hydrogen-bond acceptors (Lipinski definition) is 6. The lowest BCUT2D eigenvalue weighted by Crippen LogP contribution is -2.39. The number of hydrogen-bond donors (Lipinski definition) is 2. The van der Waals surface area contributed by atoms with Crippen LogP contribution in [-0.2, 0) is 10.3 Å². The lowest BCUT2D eigenvalue weighted by atomic mass is 9.75. The highest BCUT2D eigenvalue weighted by Crippen LogP contribution is 2.38. The Kier molecular flexibility index (Phi) is 5.47. The zero-order valence-corrected chi connectivity index (χ0v) is 19.1. The summed E-state index contributed by atoms with van der Waals surface area (Å²) in [7, 11) is 0. The molecule has 2 fully saturated rings. The lowest BCUT2D eigenvalue weighted by molar-refractivity contribution is 0.0880. The van der Waals surface area contributed by atoms with Gasteiger partial charge in [-0.3, -0.25) is 0 Å². The molecule has 32 heavy (non-hydrogen) atoms. The minimum atomic E-state index is -0.295. The van der Waals surface area contributed by atoms with Crippen LogP contribution in [-0.4, -0.2) is 40.1 Å². The predicted octanol–water partition coefficient (Wildman–Crippen LogP) is 4.56. The number of pyridine rings is 1. The van der Waals surface area contributed by atoms with Crippen LogP contribution in [0.5, 0.6) is 5.88 Å². The SMILES string of the molecule is CC(C)(C)n1nc2cc1Nc1cccc(n1)OC[C@H]1C[C@H](CNC(=O)O[C@@H]3CC[C@H]2C3)C1. The monoisotopic (exact) mass is 439 g/mol. The minimum Gasteiger partial charge on any atom is -0.477 e. The quantitative estimate of drug-likeness (QED) is 0.626. The van der Waals surface area contributed by atoms with Crippen LogP contribution in [0.2, 0.25) is 0 Å². The van der Waals surface area contributed by atoms with Gasteiger partial charge in [0.25, 0.3) is 0 Å². The maximum absolute atomic E-state index is 12.3. The van der Waals surface area contributed by atoms with E-state index in [2.05, 4.69) is 42.5 Å². The van der Waals surface area contributed by atoms with Gasteiger partial charge < -0.3 is 20.1 Å². The smallest absolute Gasteiger partial charge is 0.407 e. The van der Waals surface area contributed by atoms with E-state index in [1.165, 1.54) is 0 Å². The van der Waals surface area contributed by atoms with E-state index in [1.54, 1.807) is 0 Å². The van der Waals surface area contributed by atoms with Crippen LogP contribution in [0.1, 0.15) is 64.5 Å². The molecule has 4 heterocycles. The largest absolute Gasteiger partial charge is 0.477 e. The summed E-state index contributed by atoms with van der Waals surface area (Å²) < 4.78 is 13.7. The van der Waals surface area contributed by atoms with E-state index in [-0.39, 0.29) is 23.7 Å². The highest BCUT2D eigenvalue weighted by molar-refractivity contribution is 5.67. The Hall–Kier alpha value is -2.77. The van der Waals surface area contributed by atoms with Crippen molar-refractivity contribution in [2.75, 3.05) is 18.5 Å². The van der Waals surface area contributed by atoms with E-state index >= 15 is 0 Å². The van der Waals surface area contributed by atoms with Crippen molar-refractivity contribution in [1.29, 1.82) is 0 Å². The van der Waals surface area contributed by atoms with Gasteiger partial charge in [0, 0.05) is 24.6 Å². The number of rotatable bonds is 0. The van der Waals surface area contributed by atoms with Gasteiger partial charge in [-0.15, -0.1) is 0 Å². The molecular formula is C24H33N5O3. The van der Waals surface area contributed by atoms with E-state index in [0.29, 0.717) is 30.9 Å². The molecule has 8 heteroatoms. The fraction of sp³-hybridized carbons (Fsp3) is 0.625. The van der Waals surface area contributed by atoms with Crippen LogP contribution in [0.3, 0.4) is 0 Å². The van der Waals surface area contributed by atoms with E-state index in [9.17, 15) is 4.79 Å². The molecule has 2 aliphatic heterocycles. The molecule has 4 aliphatic rings. The molecule has 2 N–H and O–H groups in total. The molecule has 6 rings (SSSR count). The van der Waals surface area contributed by atoms with Gasteiger partial charge in [0.05, 0.1) is 17.8 Å². The summed E-state index contributed by atoms with van der Waals surface area (Å²) in [5.41, 5.74) is 0.834. The molecule has 2 aromatic heterocycles. The fourth-order valence-corrected chi connectivity index (χ4v) is 5.01. The molecule has 1 amide bonds. The Labute approximate surface area is 189 Å². The standard InChI is InChI=1S/C24H33N5O3/c1-24(2,3)29-21-12-19(28-29)17-7-8-18(11-17)32-23(30)25-13-15-9-16(10-15)14-31-22-6-4-5-20(26-21)27-22/h4-6,12,15-18H,7-11,13-14H2,1-3H3,(H,25,30)(H,26,27)/t15-,16-,17-,18+/m0/s1. The van der Waals surface area contributed by atoms with Crippen molar-refractivity contribution in [3.8, 4) is 5.88 Å². The van der Waals surface area contributed by atoms with Crippen molar-refractivity contribution in [1.82, 2.24) is 20.1 Å². The number of nitrogens with zero attached hydrogens (tertiary/aromatic N) is 3. The van der Waals surface area contributed by atoms with E-state index in [0.717, 1.165) is 49.4 Å². The maximum Gasteiger partial charge on any atom is 0.407 e. The van der Waals surface area contributed by atoms with Crippen molar-refractivity contribution in [2.45, 2.75) is 70.4 Å². The second kappa shape index (κ2) is 8.30. The van der Waals surface area contributed by atoms with Gasteiger partial charge in [0.2, 0.25) is 5.88 Å². The van der Waals surface area contributed by atoms with Crippen LogP contribution < -0.4 is 15.4 Å². The number of ether oxygens (including phenoxy) is 2. The third kappa shape index (κ3) is 4.54. The number of nitrogens with one attached hydrogen (secondary N) is 2. The topological polar surface area (TPSA) is 90.3 Å². The number of carbonyl (C=O) groups excluding carboxylic acids is 1. The van der Waals surface area contributed by atoms with Crippen LogP contribution in [0, 0.1) is 11.8 Å². The molecule has 0 spiro atoms. The number of aromatic nitrogens is 3. The first kappa shape index (κ1) is 21.1. The van der Waals surface area contributed by atoms with Crippen LogP contribution >= 0.6 is 0 Å². The second-order valence-electron chi connectivity index (χ2n) is 10.5. The first-order valence-corrected chi connectivity index (χ1v) is 11.8. The normalized spacial score (nSPS) is 28.0. The summed E-state index contributed by atoms with van der Waals surface area (Å²) in [5, 5.41) is 11.4. The van der Waals surface area contributed by atoms with Gasteiger partial charge in [-0.2, -0.15) is 10.1 Å². The predicted molar refractivity (Wildman–Crippen MR) is 121 cm³/mol. The van der Waals surface area contributed by atoms with Crippen LogP contribution in [0.25, 0.3) is 0 Å². The second-order valence-corrected chi connectivity index (χ2v) is 10.5. The average Bonchev–Trinajstić information content (AvgIpc) is 3.33. The summed E-state index contributed by atoms with van der Waals surface area (Å²) in [4.78, 5) is 17.0. The molecule has 0 saturated heterocycles. The Bertz CT molecular complexity index is 976. The number of amides is 1. The molecule has 2 aliphatic carbocycles. The molecule has 2 atom stereocenters. The Morgan fingerprint density at radius 3 is 2.78 bits per heavy atom. The number of anilines is 2. The van der Waals surface area contributed by atoms with Crippen LogP contribution in [0.4, 0.5) is 16.4 Å². The third-order valence-electron chi connectivity index (χ3n) is 6.76. The summed E-state index contributed by atoms with van der Waals surface area (Å²) in [6.07, 6.45) is 4.39. The number of carbonyl (C=O) groups is 1. The van der Waals surface area contributed by atoms with E-state index in [4.69, 9.17) is 14.6 Å². The molecule has 172 valence electrons. The Morgan fingerprint density at radius 2 is 1.97 bits per heavy atom. The number of fused-ring (bicyclic) bond motifs is 4. The molecule has 2 aromatic rings. The molecule has 0 radical (unpaired) electrons. The highest BCUT2D eigenvalue weighted by atomic mass is 16.6. The first-order chi connectivity index (χ1) is 15.3. The van der Waals surface area contributed by atoms with Gasteiger partial charge in [-0.25, -0.2) is 9.48 Å². The maximum atomic E-state index is 12.3. The van der Waals surface area contributed by atoms with Crippen molar-refractivity contribution in [3.63, 3.8) is 0 Å². The van der Waals surface area contributed by atoms with Crippen molar-refractivity contribution < 1.29 is 14.3 Å². The molecule has 0 unspecified atom stereocenters. The van der Waals surface area contributed by atoms with Crippen molar-refractivity contribution >= 4 is 17.7 Å². The first-order valence-electron chi connectivity index (χ1n) is 11.8. The molecular weight excluding hydrogens is 406 g/mol. The third-order valence-corrected chi connectivity index (χ3v) is 6.76. The van der Waals surface area contributed by atoms with Gasteiger partial charge in [0.1, 0.15) is 17.7 Å². The van der Waals surface area contributed by atoms with E-state index < -0.39 is 0 Å². The van der Waals surface area contributed by atoms with Gasteiger partial charge in [-0.1, -0.05) is 6.07 Å².